The molecule has 7 aromatic rings. The largest absolute Gasteiger partial charge is 0.449 e. The molecule has 1 atom stereocenters. The highest BCUT2D eigenvalue weighted by atomic mass is 32.1. The molecule has 0 bridgehead atoms. The molecule has 4 heterocycles. The molecule has 5 aromatic carbocycles. The number of allylic oxidation sites excluding steroid dienone is 2. The Bertz CT molecular complexity index is 2350. The molecule has 2 aromatic heterocycles. The lowest BCUT2D eigenvalue weighted by atomic mass is 9.91. The second-order valence-electron chi connectivity index (χ2n) is 10.7. The van der Waals surface area contributed by atoms with E-state index in [1.807, 2.05) is 17.4 Å². The second kappa shape index (κ2) is 7.38. The van der Waals surface area contributed by atoms with Crippen LogP contribution in [0.25, 0.3) is 47.7 Å². The summed E-state index contributed by atoms with van der Waals surface area (Å²) in [6.45, 7) is 0. The highest BCUT2D eigenvalue weighted by Gasteiger charge is 2.49. The van der Waals surface area contributed by atoms with Gasteiger partial charge in [0.15, 0.2) is 0 Å². The van der Waals surface area contributed by atoms with Crippen molar-refractivity contribution in [2.75, 3.05) is 4.90 Å². The van der Waals surface area contributed by atoms with Crippen molar-refractivity contribution in [3.63, 3.8) is 0 Å². The van der Waals surface area contributed by atoms with Crippen LogP contribution in [0.15, 0.2) is 126 Å². The van der Waals surface area contributed by atoms with E-state index >= 15 is 0 Å². The van der Waals surface area contributed by atoms with Crippen LogP contribution < -0.4 is 9.48 Å². The van der Waals surface area contributed by atoms with E-state index in [2.05, 4.69) is 125 Å². The smallest absolute Gasteiger partial charge is 0.255 e. The van der Waals surface area contributed by atoms with Crippen molar-refractivity contribution in [2.45, 2.75) is 6.04 Å². The number of hydrogen-bond acceptors (Lipinski definition) is 3. The Morgan fingerprint density at radius 3 is 2.45 bits per heavy atom. The van der Waals surface area contributed by atoms with Crippen molar-refractivity contribution in [3.8, 4) is 0 Å². The summed E-state index contributed by atoms with van der Waals surface area (Å²) in [5, 5.41) is 4.97. The van der Waals surface area contributed by atoms with Gasteiger partial charge in [-0.2, -0.15) is 4.58 Å². The zero-order chi connectivity index (χ0) is 25.9. The Kier molecular flexibility index (Phi) is 3.87. The van der Waals surface area contributed by atoms with Crippen molar-refractivity contribution in [1.29, 1.82) is 0 Å². The maximum absolute atomic E-state index is 6.55. The van der Waals surface area contributed by atoms with Crippen LogP contribution in [0.2, 0.25) is 0 Å². The van der Waals surface area contributed by atoms with Gasteiger partial charge in [-0.05, 0) is 35.9 Å². The molecule has 3 nitrogen and oxygen atoms in total. The average Bonchev–Trinajstić information content (AvgIpc) is 3.68. The molecular formula is C36H21N2OS+. The Balaban J connectivity index is 1.31. The molecule has 1 aliphatic carbocycles. The van der Waals surface area contributed by atoms with E-state index in [0.29, 0.717) is 0 Å². The Labute approximate surface area is 233 Å². The van der Waals surface area contributed by atoms with Crippen LogP contribution in [0.3, 0.4) is 0 Å². The molecule has 40 heavy (non-hydrogen) atoms. The fraction of sp³-hybridized carbons (Fsp3) is 0.0278. The quantitative estimate of drug-likeness (QED) is 0.197. The summed E-state index contributed by atoms with van der Waals surface area (Å²) < 4.78 is 11.7. The lowest BCUT2D eigenvalue weighted by Gasteiger charge is -2.32. The van der Waals surface area contributed by atoms with E-state index < -0.39 is 0 Å². The van der Waals surface area contributed by atoms with E-state index in [1.165, 1.54) is 48.4 Å². The van der Waals surface area contributed by atoms with Crippen LogP contribution in [0, 0.1) is 0 Å². The van der Waals surface area contributed by atoms with Crippen molar-refractivity contribution >= 4 is 87.5 Å². The first-order valence-corrected chi connectivity index (χ1v) is 14.5. The molecule has 0 fully saturated rings. The average molecular weight is 530 g/mol. The van der Waals surface area contributed by atoms with Gasteiger partial charge in [0.1, 0.15) is 17.3 Å². The van der Waals surface area contributed by atoms with E-state index in [0.717, 1.165) is 33.3 Å². The highest BCUT2D eigenvalue weighted by molar-refractivity contribution is 7.26. The third-order valence-corrected chi connectivity index (χ3v) is 9.92. The lowest BCUT2D eigenvalue weighted by Crippen LogP contribution is -2.43. The minimum Gasteiger partial charge on any atom is -0.449 e. The normalized spacial score (nSPS) is 17.1. The third-order valence-electron chi connectivity index (χ3n) is 8.71. The van der Waals surface area contributed by atoms with Gasteiger partial charge in [0.25, 0.3) is 5.69 Å². The number of fused-ring (bicyclic) bond motifs is 12. The highest BCUT2D eigenvalue weighted by Crippen LogP contribution is 2.56. The summed E-state index contributed by atoms with van der Waals surface area (Å²) in [6.07, 6.45) is 6.83. The van der Waals surface area contributed by atoms with Gasteiger partial charge in [-0.15, -0.1) is 11.3 Å². The van der Waals surface area contributed by atoms with Crippen LogP contribution in [-0.2, 0) is 0 Å². The fourth-order valence-corrected chi connectivity index (χ4v) is 8.39. The van der Waals surface area contributed by atoms with Gasteiger partial charge in [-0.25, -0.2) is 0 Å². The van der Waals surface area contributed by atoms with Crippen LogP contribution in [0.5, 0.6) is 0 Å². The van der Waals surface area contributed by atoms with Gasteiger partial charge in [-0.1, -0.05) is 72.8 Å². The van der Waals surface area contributed by atoms with E-state index in [9.17, 15) is 0 Å². The minimum absolute atomic E-state index is 0.0883. The molecule has 0 N–H and O–H groups in total. The Morgan fingerprint density at radius 2 is 1.48 bits per heavy atom. The molecule has 0 spiro atoms. The monoisotopic (exact) mass is 529 g/mol. The number of para-hydroxylation sites is 4. The predicted octanol–water partition coefficient (Wildman–Crippen LogP) is 9.72. The Hall–Kier alpha value is -4.93. The van der Waals surface area contributed by atoms with Crippen LogP contribution in [-0.4, -0.2) is 11.8 Å². The van der Waals surface area contributed by atoms with Gasteiger partial charge in [0.2, 0.25) is 17.0 Å². The van der Waals surface area contributed by atoms with Crippen molar-refractivity contribution in [3.05, 3.63) is 127 Å². The van der Waals surface area contributed by atoms with Gasteiger partial charge in [0, 0.05) is 54.7 Å². The molecule has 2 aliphatic heterocycles. The minimum atomic E-state index is 0.0883. The zero-order valence-electron chi connectivity index (χ0n) is 21.3. The maximum Gasteiger partial charge on any atom is 0.255 e. The molecule has 0 amide bonds. The predicted molar refractivity (Wildman–Crippen MR) is 169 cm³/mol. The molecule has 0 saturated heterocycles. The third kappa shape index (κ3) is 2.48. The van der Waals surface area contributed by atoms with Crippen LogP contribution in [0.4, 0.5) is 22.7 Å². The molecule has 0 radical (unpaired) electrons. The summed E-state index contributed by atoms with van der Waals surface area (Å²) >= 11 is 1.91. The molecular weight excluding hydrogens is 508 g/mol. The van der Waals surface area contributed by atoms with Crippen molar-refractivity contribution in [2.24, 2.45) is 0 Å². The topological polar surface area (TPSA) is 19.4 Å². The summed E-state index contributed by atoms with van der Waals surface area (Å²) in [5.74, 6) is 0. The molecule has 186 valence electrons. The summed E-state index contributed by atoms with van der Waals surface area (Å²) in [4.78, 5) is 2.55. The number of benzene rings is 5. The first-order chi connectivity index (χ1) is 19.9. The lowest BCUT2D eigenvalue weighted by molar-refractivity contribution is 0.666. The standard InChI is InChI=1S/C36H21N2OS/c1-5-17-31-21(9-1)23-11-7-16-30(35(23)39-31)37-26-13-3-4-14-27(26)38-28-20-19-24-22-10-2-6-18-32(22)40-36(24)33(28)25-12-8-15-29(37)34(25)38/h1-20,34H/q+1. The number of anilines is 2. The number of furan rings is 1. The summed E-state index contributed by atoms with van der Waals surface area (Å²) in [7, 11) is 0. The number of nitrogens with zero attached hydrogens (tertiary/aromatic N) is 2. The van der Waals surface area contributed by atoms with Gasteiger partial charge < -0.3 is 9.32 Å². The van der Waals surface area contributed by atoms with Gasteiger partial charge in [0.05, 0.1) is 5.69 Å². The number of rotatable bonds is 1. The van der Waals surface area contributed by atoms with E-state index in [4.69, 9.17) is 4.42 Å². The molecule has 10 rings (SSSR count). The van der Waals surface area contributed by atoms with Gasteiger partial charge >= 0.3 is 0 Å². The van der Waals surface area contributed by atoms with Crippen LogP contribution in [0.1, 0.15) is 5.56 Å². The van der Waals surface area contributed by atoms with E-state index in [1.54, 1.807) is 0 Å². The van der Waals surface area contributed by atoms with Crippen molar-refractivity contribution < 1.29 is 4.42 Å². The molecule has 0 saturated carbocycles. The van der Waals surface area contributed by atoms with Gasteiger partial charge in [-0.3, -0.25) is 0 Å². The molecule has 3 aliphatic rings. The van der Waals surface area contributed by atoms with Crippen LogP contribution >= 0.6 is 11.3 Å². The second-order valence-corrected chi connectivity index (χ2v) is 11.7. The fourth-order valence-electron chi connectivity index (χ4n) is 7.12. The molecule has 4 heteroatoms. The Morgan fingerprint density at radius 1 is 0.675 bits per heavy atom. The maximum atomic E-state index is 6.55. The summed E-state index contributed by atoms with van der Waals surface area (Å²) in [5.41, 5.74) is 10.5. The first-order valence-electron chi connectivity index (χ1n) is 13.7. The van der Waals surface area contributed by atoms with E-state index in [-0.39, 0.29) is 6.04 Å². The SMILES string of the molecule is C1=CC2=[N+](c3cccc4c3oc3ccccc34)c3ccccc3N3c4ccc5c(sc6ccccc65)c4C(=C1)C23. The molecule has 1 unspecified atom stereocenters. The summed E-state index contributed by atoms with van der Waals surface area (Å²) in [6, 6.07) is 37.2. The van der Waals surface area contributed by atoms with Crippen molar-refractivity contribution in [1.82, 2.24) is 4.58 Å². The number of thiophene rings is 1. The zero-order valence-corrected chi connectivity index (χ0v) is 22.2. The first kappa shape index (κ1) is 21.0. The number of hydrogen-bond donors (Lipinski definition) is 0.